The van der Waals surface area contributed by atoms with Gasteiger partial charge in [0.15, 0.2) is 5.96 Å². The molecule has 2 rings (SSSR count). The van der Waals surface area contributed by atoms with E-state index in [9.17, 15) is 4.79 Å². The molecule has 25 heavy (non-hydrogen) atoms. The topological polar surface area (TPSA) is 69.6 Å². The average Bonchev–Trinajstić information content (AvgIpc) is 3.00. The molecule has 1 amide bonds. The number of nitrogens with zero attached hydrogens (tertiary/aromatic N) is 3. The van der Waals surface area contributed by atoms with Crippen LogP contribution in [0.1, 0.15) is 23.2 Å². The van der Waals surface area contributed by atoms with Crippen molar-refractivity contribution in [3.8, 4) is 0 Å². The summed E-state index contributed by atoms with van der Waals surface area (Å²) in [6.45, 7) is 4.87. The second-order valence-corrected chi connectivity index (χ2v) is 6.78. The number of hydrogen-bond donors (Lipinski definition) is 2. The molecule has 0 bridgehead atoms. The smallest absolute Gasteiger partial charge is 0.243 e. The maximum atomic E-state index is 12.2. The van der Waals surface area contributed by atoms with E-state index in [1.54, 1.807) is 18.4 Å². The largest absolute Gasteiger partial charge is 0.347 e. The van der Waals surface area contributed by atoms with Crippen molar-refractivity contribution in [3.63, 3.8) is 0 Å². The number of aromatic nitrogens is 1. The highest BCUT2D eigenvalue weighted by Crippen LogP contribution is 2.11. The molecule has 0 atom stereocenters. The van der Waals surface area contributed by atoms with Gasteiger partial charge in [0.05, 0.1) is 23.8 Å². The third-order valence-corrected chi connectivity index (χ3v) is 4.49. The number of hydrogen-bond acceptors (Lipinski definition) is 4. The first-order valence-electron chi connectivity index (χ1n) is 8.23. The zero-order valence-corrected chi connectivity index (χ0v) is 16.0. The summed E-state index contributed by atoms with van der Waals surface area (Å²) in [7, 11) is 3.63. The van der Waals surface area contributed by atoms with E-state index < -0.39 is 0 Å². The first kappa shape index (κ1) is 18.9. The highest BCUT2D eigenvalue weighted by molar-refractivity contribution is 7.09. The van der Waals surface area contributed by atoms with Crippen molar-refractivity contribution in [3.05, 3.63) is 45.9 Å². The van der Waals surface area contributed by atoms with Crippen LogP contribution in [0.4, 0.5) is 5.69 Å². The van der Waals surface area contributed by atoms with E-state index in [2.05, 4.69) is 27.5 Å². The van der Waals surface area contributed by atoms with Gasteiger partial charge in [-0.2, -0.15) is 0 Å². The minimum atomic E-state index is -0.104. The molecule has 1 aromatic heterocycles. The summed E-state index contributed by atoms with van der Waals surface area (Å²) in [5.74, 6) is 0.551. The Morgan fingerprint density at radius 2 is 2.20 bits per heavy atom. The lowest BCUT2D eigenvalue weighted by Crippen LogP contribution is -2.42. The molecule has 0 spiro atoms. The van der Waals surface area contributed by atoms with Crippen LogP contribution in [-0.4, -0.2) is 42.4 Å². The molecule has 0 unspecified atom stereocenters. The average molecular weight is 359 g/mol. The number of anilines is 1. The number of amides is 1. The van der Waals surface area contributed by atoms with E-state index in [0.717, 1.165) is 22.8 Å². The molecule has 0 aliphatic carbocycles. The minimum absolute atomic E-state index is 0.104. The van der Waals surface area contributed by atoms with E-state index in [1.807, 2.05) is 48.5 Å². The maximum absolute atomic E-state index is 12.2. The SMILES string of the molecule is CCc1cccc(NC(=O)CNC(=NC)N(C)Cc2csc(C)n2)c1. The van der Waals surface area contributed by atoms with E-state index >= 15 is 0 Å². The Morgan fingerprint density at radius 3 is 2.84 bits per heavy atom. The summed E-state index contributed by atoms with van der Waals surface area (Å²) in [6.07, 6.45) is 0.940. The van der Waals surface area contributed by atoms with Crippen LogP contribution in [0, 0.1) is 6.92 Å². The molecule has 1 aromatic carbocycles. The van der Waals surface area contributed by atoms with Crippen molar-refractivity contribution in [1.82, 2.24) is 15.2 Å². The molecule has 2 N–H and O–H groups in total. The number of thiazole rings is 1. The molecular formula is C18H25N5OS. The fraction of sp³-hybridized carbons (Fsp3) is 0.389. The van der Waals surface area contributed by atoms with Crippen molar-refractivity contribution in [2.45, 2.75) is 26.8 Å². The molecule has 0 fully saturated rings. The molecule has 0 aliphatic heterocycles. The van der Waals surface area contributed by atoms with Crippen molar-refractivity contribution in [2.75, 3.05) is 26.0 Å². The third-order valence-electron chi connectivity index (χ3n) is 3.67. The van der Waals surface area contributed by atoms with Crippen molar-refractivity contribution >= 4 is 28.9 Å². The Kier molecular flexibility index (Phi) is 6.94. The summed E-state index contributed by atoms with van der Waals surface area (Å²) in [4.78, 5) is 22.8. The molecule has 0 aliphatic rings. The van der Waals surface area contributed by atoms with Gasteiger partial charge in [0.2, 0.25) is 5.91 Å². The second kappa shape index (κ2) is 9.17. The monoisotopic (exact) mass is 359 g/mol. The first-order chi connectivity index (χ1) is 12.0. The Morgan fingerprint density at radius 1 is 1.40 bits per heavy atom. The number of aryl methyl sites for hydroxylation is 2. The minimum Gasteiger partial charge on any atom is -0.347 e. The Labute approximate surface area is 153 Å². The van der Waals surface area contributed by atoms with E-state index in [0.29, 0.717) is 12.5 Å². The van der Waals surface area contributed by atoms with Gasteiger partial charge >= 0.3 is 0 Å². The van der Waals surface area contributed by atoms with Gasteiger partial charge in [0, 0.05) is 25.2 Å². The lowest BCUT2D eigenvalue weighted by Gasteiger charge is -2.21. The van der Waals surface area contributed by atoms with Crippen LogP contribution in [0.2, 0.25) is 0 Å². The lowest BCUT2D eigenvalue weighted by atomic mass is 10.1. The van der Waals surface area contributed by atoms with E-state index in [4.69, 9.17) is 0 Å². The van der Waals surface area contributed by atoms with E-state index in [1.165, 1.54) is 5.56 Å². The summed E-state index contributed by atoms with van der Waals surface area (Å²) in [6, 6.07) is 7.88. The van der Waals surface area contributed by atoms with Crippen LogP contribution in [-0.2, 0) is 17.8 Å². The third kappa shape index (κ3) is 5.86. The van der Waals surface area contributed by atoms with Gasteiger partial charge < -0.3 is 15.5 Å². The molecule has 7 heteroatoms. The number of aliphatic imine (C=N–C) groups is 1. The summed E-state index contributed by atoms with van der Waals surface area (Å²) in [5, 5.41) is 9.06. The van der Waals surface area contributed by atoms with Crippen LogP contribution in [0.15, 0.2) is 34.6 Å². The van der Waals surface area contributed by atoms with Crippen LogP contribution < -0.4 is 10.6 Å². The number of guanidine groups is 1. The molecule has 1 heterocycles. The molecule has 134 valence electrons. The zero-order chi connectivity index (χ0) is 18.2. The highest BCUT2D eigenvalue weighted by Gasteiger charge is 2.10. The van der Waals surface area contributed by atoms with Crippen LogP contribution in [0.25, 0.3) is 0 Å². The van der Waals surface area contributed by atoms with Crippen molar-refractivity contribution in [2.24, 2.45) is 4.99 Å². The predicted molar refractivity (Wildman–Crippen MR) is 104 cm³/mol. The maximum Gasteiger partial charge on any atom is 0.243 e. The molecular weight excluding hydrogens is 334 g/mol. The van der Waals surface area contributed by atoms with Gasteiger partial charge in [-0.15, -0.1) is 11.3 Å². The van der Waals surface area contributed by atoms with E-state index in [-0.39, 0.29) is 12.5 Å². The number of nitrogens with one attached hydrogen (secondary N) is 2. The zero-order valence-electron chi connectivity index (χ0n) is 15.2. The standard InChI is InChI=1S/C18H25N5OS/c1-5-14-7-6-8-15(9-14)22-17(24)10-20-18(19-3)23(4)11-16-12-25-13(2)21-16/h6-9,12H,5,10-11H2,1-4H3,(H,19,20)(H,22,24). The Balaban J connectivity index is 1.85. The van der Waals surface area contributed by atoms with Gasteiger partial charge in [-0.3, -0.25) is 9.79 Å². The summed E-state index contributed by atoms with van der Waals surface area (Å²) >= 11 is 1.63. The number of carbonyl (C=O) groups excluding carboxylic acids is 1. The van der Waals surface area contributed by atoms with Gasteiger partial charge in [0.25, 0.3) is 0 Å². The van der Waals surface area contributed by atoms with Crippen LogP contribution in [0.3, 0.4) is 0 Å². The van der Waals surface area contributed by atoms with Crippen LogP contribution in [0.5, 0.6) is 0 Å². The molecule has 0 saturated heterocycles. The molecule has 6 nitrogen and oxygen atoms in total. The van der Waals surface area contributed by atoms with Gasteiger partial charge in [-0.1, -0.05) is 19.1 Å². The number of carbonyl (C=O) groups is 1. The van der Waals surface area contributed by atoms with Crippen LogP contribution >= 0.6 is 11.3 Å². The Hall–Kier alpha value is -2.41. The fourth-order valence-corrected chi connectivity index (χ4v) is 3.02. The molecule has 0 saturated carbocycles. The Bertz CT molecular complexity index is 741. The first-order valence-corrected chi connectivity index (χ1v) is 9.11. The fourth-order valence-electron chi connectivity index (χ4n) is 2.42. The van der Waals surface area contributed by atoms with Gasteiger partial charge in [-0.05, 0) is 31.0 Å². The molecule has 2 aromatic rings. The normalized spacial score (nSPS) is 11.3. The van der Waals surface area contributed by atoms with Crippen molar-refractivity contribution < 1.29 is 4.79 Å². The summed E-state index contributed by atoms with van der Waals surface area (Å²) in [5.41, 5.74) is 3.00. The van der Waals surface area contributed by atoms with Crippen molar-refractivity contribution in [1.29, 1.82) is 0 Å². The van der Waals surface area contributed by atoms with Gasteiger partial charge in [-0.25, -0.2) is 4.98 Å². The number of benzene rings is 1. The lowest BCUT2D eigenvalue weighted by molar-refractivity contribution is -0.115. The van der Waals surface area contributed by atoms with Gasteiger partial charge in [0.1, 0.15) is 0 Å². The molecule has 0 radical (unpaired) electrons. The predicted octanol–water partition coefficient (Wildman–Crippen LogP) is 2.66. The second-order valence-electron chi connectivity index (χ2n) is 5.72. The number of rotatable bonds is 6. The summed E-state index contributed by atoms with van der Waals surface area (Å²) < 4.78 is 0. The quantitative estimate of drug-likeness (QED) is 0.614. The highest BCUT2D eigenvalue weighted by atomic mass is 32.1.